The molecule has 41 heavy (non-hydrogen) atoms. The largest absolute Gasteiger partial charge is 0.327 e. The molecule has 3 aromatic carbocycles. The number of nitrogens with zero attached hydrogens (tertiary/aromatic N) is 3. The van der Waals surface area contributed by atoms with E-state index in [0.29, 0.717) is 11.5 Å². The fourth-order valence-electron chi connectivity index (χ4n) is 5.33. The van der Waals surface area contributed by atoms with Crippen molar-refractivity contribution in [2.45, 2.75) is 70.3 Å². The van der Waals surface area contributed by atoms with Gasteiger partial charge in [0.25, 0.3) is 11.9 Å². The summed E-state index contributed by atoms with van der Waals surface area (Å²) in [6.07, 6.45) is 6.33. The van der Waals surface area contributed by atoms with Crippen LogP contribution >= 0.6 is 0 Å². The number of rotatable bonds is 7. The first-order chi connectivity index (χ1) is 19.8. The number of tetrazole rings is 1. The number of urea groups is 1. The van der Waals surface area contributed by atoms with E-state index in [1.807, 2.05) is 30.3 Å². The van der Waals surface area contributed by atoms with Crippen molar-refractivity contribution in [3.05, 3.63) is 101 Å². The van der Waals surface area contributed by atoms with Crippen LogP contribution in [-0.4, -0.2) is 32.6 Å². The number of hydrogen-bond donors (Lipinski definition) is 4. The number of aromatic nitrogens is 4. The normalized spacial score (nSPS) is 14.7. The average molecular weight is 552 g/mol. The van der Waals surface area contributed by atoms with Crippen molar-refractivity contribution in [3.8, 4) is 0 Å². The van der Waals surface area contributed by atoms with Crippen molar-refractivity contribution >= 4 is 23.6 Å². The summed E-state index contributed by atoms with van der Waals surface area (Å²) in [4.78, 5) is 25.9. The van der Waals surface area contributed by atoms with E-state index in [0.717, 1.165) is 22.4 Å². The summed E-state index contributed by atoms with van der Waals surface area (Å²) in [7, 11) is 0. The fourth-order valence-corrected chi connectivity index (χ4v) is 5.33. The summed E-state index contributed by atoms with van der Waals surface area (Å²) in [5.41, 5.74) is 5.44. The predicted molar refractivity (Wildman–Crippen MR) is 160 cm³/mol. The Balaban J connectivity index is 1.37. The van der Waals surface area contributed by atoms with E-state index < -0.39 is 6.04 Å². The molecule has 0 aliphatic heterocycles. The van der Waals surface area contributed by atoms with E-state index in [1.165, 1.54) is 37.7 Å². The van der Waals surface area contributed by atoms with E-state index >= 15 is 0 Å². The number of H-pyrrole nitrogens is 1. The van der Waals surface area contributed by atoms with E-state index in [4.69, 9.17) is 0 Å². The molecular weight excluding hydrogens is 514 g/mol. The molecule has 1 aliphatic rings. The lowest BCUT2D eigenvalue weighted by Crippen LogP contribution is -2.33. The molecule has 0 spiro atoms. The van der Waals surface area contributed by atoms with Crippen LogP contribution in [0.1, 0.15) is 97.4 Å². The highest BCUT2D eigenvalue weighted by molar-refractivity contribution is 6.03. The first kappa shape index (κ1) is 28.0. The van der Waals surface area contributed by atoms with Crippen LogP contribution in [0.4, 0.5) is 16.4 Å². The smallest absolute Gasteiger partial charge is 0.319 e. The van der Waals surface area contributed by atoms with Gasteiger partial charge in [-0.15, -0.1) is 5.10 Å². The predicted octanol–water partition coefficient (Wildman–Crippen LogP) is 6.71. The molecule has 0 radical (unpaired) electrons. The molecule has 9 heteroatoms. The number of carbonyl (C=O) groups is 2. The van der Waals surface area contributed by atoms with Crippen molar-refractivity contribution in [3.63, 3.8) is 0 Å². The number of anilines is 2. The highest BCUT2D eigenvalue weighted by Crippen LogP contribution is 2.34. The summed E-state index contributed by atoms with van der Waals surface area (Å²) in [6, 6.07) is 22.9. The molecule has 5 rings (SSSR count). The number of aromatic amines is 1. The van der Waals surface area contributed by atoms with E-state index in [-0.39, 0.29) is 23.3 Å². The Labute approximate surface area is 240 Å². The van der Waals surface area contributed by atoms with Gasteiger partial charge in [-0.25, -0.2) is 4.79 Å². The minimum absolute atomic E-state index is 0.0332. The molecule has 1 heterocycles. The van der Waals surface area contributed by atoms with E-state index in [9.17, 15) is 9.59 Å². The second-order valence-electron chi connectivity index (χ2n) is 11.7. The van der Waals surface area contributed by atoms with Crippen LogP contribution in [0, 0.1) is 0 Å². The van der Waals surface area contributed by atoms with Gasteiger partial charge in [0.1, 0.15) is 0 Å². The Morgan fingerprint density at radius 1 is 0.878 bits per heavy atom. The van der Waals surface area contributed by atoms with Gasteiger partial charge in [0.05, 0.1) is 6.04 Å². The van der Waals surface area contributed by atoms with Gasteiger partial charge in [0.15, 0.2) is 0 Å². The van der Waals surface area contributed by atoms with Gasteiger partial charge in [-0.05, 0) is 75.9 Å². The lowest BCUT2D eigenvalue weighted by Gasteiger charge is -2.24. The Hall–Kier alpha value is -4.53. The first-order valence-electron chi connectivity index (χ1n) is 14.2. The van der Waals surface area contributed by atoms with Gasteiger partial charge < -0.3 is 10.6 Å². The highest BCUT2D eigenvalue weighted by Gasteiger charge is 2.21. The lowest BCUT2D eigenvalue weighted by atomic mass is 9.83. The SMILES string of the molecule is CC(C)(C)c1cccc(NC(=O)NC(c2ccc(C(=O)Nc3nn[nH]n3)cc2)c2ccc(C3CCCCC3)cc2)c1. The molecule has 1 fully saturated rings. The maximum Gasteiger partial charge on any atom is 0.319 e. The summed E-state index contributed by atoms with van der Waals surface area (Å²) < 4.78 is 0. The second-order valence-corrected chi connectivity index (χ2v) is 11.7. The molecule has 0 bridgehead atoms. The molecule has 1 aliphatic carbocycles. The van der Waals surface area contributed by atoms with Crippen molar-refractivity contribution in [2.24, 2.45) is 0 Å². The van der Waals surface area contributed by atoms with Crippen LogP contribution < -0.4 is 16.0 Å². The van der Waals surface area contributed by atoms with Crippen molar-refractivity contribution < 1.29 is 9.59 Å². The third kappa shape index (κ3) is 7.16. The number of nitrogens with one attached hydrogen (secondary N) is 4. The Bertz CT molecular complexity index is 1450. The van der Waals surface area contributed by atoms with Crippen molar-refractivity contribution in [1.82, 2.24) is 25.9 Å². The summed E-state index contributed by atoms with van der Waals surface area (Å²) >= 11 is 0. The minimum Gasteiger partial charge on any atom is -0.327 e. The quantitative estimate of drug-likeness (QED) is 0.203. The van der Waals surface area contributed by atoms with Crippen LogP contribution in [0.15, 0.2) is 72.8 Å². The van der Waals surface area contributed by atoms with Crippen LogP contribution in [-0.2, 0) is 5.41 Å². The van der Waals surface area contributed by atoms with Crippen LogP contribution in [0.3, 0.4) is 0 Å². The van der Waals surface area contributed by atoms with Gasteiger partial charge in [0.2, 0.25) is 0 Å². The second kappa shape index (κ2) is 12.3. The van der Waals surface area contributed by atoms with Gasteiger partial charge in [-0.3, -0.25) is 10.1 Å². The molecule has 1 saturated carbocycles. The molecule has 3 amide bonds. The number of hydrogen-bond acceptors (Lipinski definition) is 5. The Morgan fingerprint density at radius 3 is 2.20 bits per heavy atom. The molecule has 1 unspecified atom stereocenters. The number of carbonyl (C=O) groups excluding carboxylic acids is 2. The lowest BCUT2D eigenvalue weighted by molar-refractivity contribution is 0.102. The first-order valence-corrected chi connectivity index (χ1v) is 14.2. The van der Waals surface area contributed by atoms with Crippen molar-refractivity contribution in [2.75, 3.05) is 10.6 Å². The molecule has 1 atom stereocenters. The Morgan fingerprint density at radius 2 is 1.56 bits per heavy atom. The Kier molecular flexibility index (Phi) is 8.42. The molecule has 212 valence electrons. The molecular formula is C32H37N7O2. The fraction of sp³-hybridized carbons (Fsp3) is 0.344. The van der Waals surface area contributed by atoms with E-state index in [1.54, 1.807) is 12.1 Å². The zero-order valence-corrected chi connectivity index (χ0v) is 23.8. The van der Waals surface area contributed by atoms with Gasteiger partial charge >= 0.3 is 6.03 Å². The third-order valence-corrected chi connectivity index (χ3v) is 7.69. The minimum atomic E-state index is -0.421. The third-order valence-electron chi connectivity index (χ3n) is 7.69. The highest BCUT2D eigenvalue weighted by atomic mass is 16.2. The monoisotopic (exact) mass is 551 g/mol. The van der Waals surface area contributed by atoms with Gasteiger partial charge in [0, 0.05) is 11.3 Å². The topological polar surface area (TPSA) is 125 Å². The molecule has 4 aromatic rings. The van der Waals surface area contributed by atoms with Crippen LogP contribution in [0.5, 0.6) is 0 Å². The van der Waals surface area contributed by atoms with E-state index in [2.05, 4.69) is 87.7 Å². The summed E-state index contributed by atoms with van der Waals surface area (Å²) in [6.45, 7) is 6.43. The van der Waals surface area contributed by atoms with Gasteiger partial charge in [-0.2, -0.15) is 5.21 Å². The summed E-state index contributed by atoms with van der Waals surface area (Å²) in [5, 5.41) is 22.0. The molecule has 4 N–H and O–H groups in total. The van der Waals surface area contributed by atoms with Crippen molar-refractivity contribution in [1.29, 1.82) is 0 Å². The standard InChI is InChI=1S/C32H37N7O2/c1-32(2,3)26-10-7-11-27(20-26)33-31(41)34-28(23-14-12-22(13-15-23)21-8-5-4-6-9-21)24-16-18-25(19-17-24)29(40)35-30-36-38-39-37-30/h7,10-21,28H,4-6,8-9H2,1-3H3,(H2,33,34,41)(H2,35,36,37,38,39,40). The van der Waals surface area contributed by atoms with Gasteiger partial charge in [-0.1, -0.05) is 93.7 Å². The van der Waals surface area contributed by atoms with Crippen LogP contribution in [0.25, 0.3) is 0 Å². The zero-order chi connectivity index (χ0) is 28.8. The average Bonchev–Trinajstić information content (AvgIpc) is 3.49. The number of benzene rings is 3. The van der Waals surface area contributed by atoms with Crippen LogP contribution in [0.2, 0.25) is 0 Å². The molecule has 0 saturated heterocycles. The number of amides is 3. The molecule has 1 aromatic heterocycles. The maximum atomic E-state index is 13.3. The zero-order valence-electron chi connectivity index (χ0n) is 23.8. The molecule has 9 nitrogen and oxygen atoms in total. The maximum absolute atomic E-state index is 13.3. The summed E-state index contributed by atoms with van der Waals surface area (Å²) in [5.74, 6) is 0.347.